The van der Waals surface area contributed by atoms with Crippen LogP contribution < -0.4 is 5.32 Å². The Labute approximate surface area is 93.5 Å². The van der Waals surface area contributed by atoms with Crippen LogP contribution in [0.15, 0.2) is 0 Å². The predicted molar refractivity (Wildman–Crippen MR) is 62.1 cm³/mol. The summed E-state index contributed by atoms with van der Waals surface area (Å²) in [4.78, 5) is 0. The van der Waals surface area contributed by atoms with Crippen molar-refractivity contribution in [2.24, 2.45) is 5.92 Å². The third kappa shape index (κ3) is 6.13. The van der Waals surface area contributed by atoms with Crippen LogP contribution in [0.1, 0.15) is 33.1 Å². The van der Waals surface area contributed by atoms with Crippen molar-refractivity contribution in [1.29, 1.82) is 0 Å². The highest BCUT2D eigenvalue weighted by Gasteiger charge is 2.14. The summed E-state index contributed by atoms with van der Waals surface area (Å²) < 4.78 is 11.0. The molecule has 0 aromatic heterocycles. The van der Waals surface area contributed by atoms with E-state index in [4.69, 9.17) is 9.47 Å². The Hall–Kier alpha value is -0.120. The van der Waals surface area contributed by atoms with E-state index in [1.54, 1.807) is 0 Å². The lowest BCUT2D eigenvalue weighted by atomic mass is 10.1. The van der Waals surface area contributed by atoms with Crippen molar-refractivity contribution < 1.29 is 9.47 Å². The molecule has 90 valence electrons. The van der Waals surface area contributed by atoms with E-state index in [2.05, 4.69) is 19.2 Å². The lowest BCUT2D eigenvalue weighted by Gasteiger charge is -2.13. The SMILES string of the molecule is CCCC(C)OCCNCC1CCOC1. The molecule has 0 aromatic carbocycles. The predicted octanol–water partition coefficient (Wildman–Crippen LogP) is 1.82. The van der Waals surface area contributed by atoms with E-state index >= 15 is 0 Å². The molecule has 3 nitrogen and oxygen atoms in total. The van der Waals surface area contributed by atoms with Crippen molar-refractivity contribution >= 4 is 0 Å². The molecular weight excluding hydrogens is 190 g/mol. The van der Waals surface area contributed by atoms with E-state index in [1.165, 1.54) is 12.8 Å². The van der Waals surface area contributed by atoms with Gasteiger partial charge in [0.2, 0.25) is 0 Å². The molecule has 0 amide bonds. The van der Waals surface area contributed by atoms with E-state index in [-0.39, 0.29) is 0 Å². The van der Waals surface area contributed by atoms with Crippen molar-refractivity contribution in [3.05, 3.63) is 0 Å². The van der Waals surface area contributed by atoms with Crippen molar-refractivity contribution in [2.75, 3.05) is 32.9 Å². The molecule has 1 heterocycles. The summed E-state index contributed by atoms with van der Waals surface area (Å²) in [6.45, 7) is 9.08. The number of hydrogen-bond donors (Lipinski definition) is 1. The molecule has 3 heteroatoms. The molecule has 1 N–H and O–H groups in total. The first-order valence-electron chi connectivity index (χ1n) is 6.23. The number of hydrogen-bond acceptors (Lipinski definition) is 3. The van der Waals surface area contributed by atoms with E-state index in [1.807, 2.05) is 0 Å². The molecular formula is C12H25NO2. The van der Waals surface area contributed by atoms with Crippen LogP contribution in [0.3, 0.4) is 0 Å². The quantitative estimate of drug-likeness (QED) is 0.626. The van der Waals surface area contributed by atoms with Gasteiger partial charge in [0.15, 0.2) is 0 Å². The third-order valence-corrected chi connectivity index (χ3v) is 2.83. The number of ether oxygens (including phenoxy) is 2. The first-order valence-corrected chi connectivity index (χ1v) is 6.23. The smallest absolute Gasteiger partial charge is 0.0594 e. The van der Waals surface area contributed by atoms with Gasteiger partial charge >= 0.3 is 0 Å². The maximum Gasteiger partial charge on any atom is 0.0594 e. The molecule has 0 aliphatic carbocycles. The van der Waals surface area contributed by atoms with Crippen LogP contribution in [0.5, 0.6) is 0 Å². The summed E-state index contributed by atoms with van der Waals surface area (Å²) in [6.07, 6.45) is 3.98. The van der Waals surface area contributed by atoms with Crippen LogP contribution in [0, 0.1) is 5.92 Å². The Morgan fingerprint density at radius 3 is 3.07 bits per heavy atom. The van der Waals surface area contributed by atoms with Gasteiger partial charge in [0, 0.05) is 19.7 Å². The van der Waals surface area contributed by atoms with Crippen molar-refractivity contribution in [3.8, 4) is 0 Å². The summed E-state index contributed by atoms with van der Waals surface area (Å²) in [7, 11) is 0. The van der Waals surface area contributed by atoms with Crippen LogP contribution in [-0.4, -0.2) is 39.0 Å². The minimum Gasteiger partial charge on any atom is -0.381 e. The van der Waals surface area contributed by atoms with Gasteiger partial charge in [-0.15, -0.1) is 0 Å². The maximum absolute atomic E-state index is 5.65. The van der Waals surface area contributed by atoms with Crippen LogP contribution in [0.4, 0.5) is 0 Å². The average Bonchev–Trinajstić information content (AvgIpc) is 2.70. The Morgan fingerprint density at radius 2 is 2.40 bits per heavy atom. The van der Waals surface area contributed by atoms with Gasteiger partial charge in [-0.05, 0) is 25.7 Å². The molecule has 15 heavy (non-hydrogen) atoms. The third-order valence-electron chi connectivity index (χ3n) is 2.83. The zero-order chi connectivity index (χ0) is 10.9. The van der Waals surface area contributed by atoms with E-state index in [0.29, 0.717) is 6.10 Å². The molecule has 1 aliphatic heterocycles. The van der Waals surface area contributed by atoms with Gasteiger partial charge in [-0.2, -0.15) is 0 Å². The van der Waals surface area contributed by atoms with Crippen molar-refractivity contribution in [2.45, 2.75) is 39.2 Å². The Balaban J connectivity index is 1.84. The molecule has 2 atom stereocenters. The highest BCUT2D eigenvalue weighted by Crippen LogP contribution is 2.10. The average molecular weight is 215 g/mol. The second kappa shape index (κ2) is 8.08. The molecule has 2 unspecified atom stereocenters. The van der Waals surface area contributed by atoms with Crippen LogP contribution >= 0.6 is 0 Å². The molecule has 0 saturated carbocycles. The Bertz CT molecular complexity index is 147. The Kier molecular flexibility index (Phi) is 6.98. The second-order valence-corrected chi connectivity index (χ2v) is 4.40. The lowest BCUT2D eigenvalue weighted by Crippen LogP contribution is -2.27. The van der Waals surface area contributed by atoms with E-state index < -0.39 is 0 Å². The molecule has 0 bridgehead atoms. The van der Waals surface area contributed by atoms with E-state index in [0.717, 1.165) is 45.2 Å². The number of nitrogens with one attached hydrogen (secondary N) is 1. The first kappa shape index (κ1) is 12.9. The maximum atomic E-state index is 5.65. The zero-order valence-electron chi connectivity index (χ0n) is 10.1. The fourth-order valence-electron chi connectivity index (χ4n) is 1.87. The van der Waals surface area contributed by atoms with Gasteiger partial charge < -0.3 is 14.8 Å². The normalized spacial score (nSPS) is 23.2. The van der Waals surface area contributed by atoms with Gasteiger partial charge in [-0.1, -0.05) is 13.3 Å². The summed E-state index contributed by atoms with van der Waals surface area (Å²) in [5.74, 6) is 0.720. The molecule has 1 rings (SSSR count). The van der Waals surface area contributed by atoms with Gasteiger partial charge in [-0.25, -0.2) is 0 Å². The van der Waals surface area contributed by atoms with Gasteiger partial charge in [0.05, 0.1) is 19.3 Å². The second-order valence-electron chi connectivity index (χ2n) is 4.40. The highest BCUT2D eigenvalue weighted by atomic mass is 16.5. The van der Waals surface area contributed by atoms with Gasteiger partial charge in [0.25, 0.3) is 0 Å². The topological polar surface area (TPSA) is 30.5 Å². The minimum atomic E-state index is 0.409. The van der Waals surface area contributed by atoms with Crippen LogP contribution in [0.2, 0.25) is 0 Å². The molecule has 1 aliphatic rings. The lowest BCUT2D eigenvalue weighted by molar-refractivity contribution is 0.0613. The molecule has 0 aromatic rings. The van der Waals surface area contributed by atoms with Crippen molar-refractivity contribution in [3.63, 3.8) is 0 Å². The van der Waals surface area contributed by atoms with Gasteiger partial charge in [0.1, 0.15) is 0 Å². The Morgan fingerprint density at radius 1 is 1.53 bits per heavy atom. The first-order chi connectivity index (χ1) is 7.33. The summed E-state index contributed by atoms with van der Waals surface area (Å²) in [5, 5.41) is 3.42. The molecule has 0 spiro atoms. The van der Waals surface area contributed by atoms with Gasteiger partial charge in [-0.3, -0.25) is 0 Å². The molecule has 1 fully saturated rings. The fourth-order valence-corrected chi connectivity index (χ4v) is 1.87. The highest BCUT2D eigenvalue weighted by molar-refractivity contribution is 4.66. The van der Waals surface area contributed by atoms with Crippen LogP contribution in [-0.2, 0) is 9.47 Å². The standard InChI is InChI=1S/C12H25NO2/c1-3-4-11(2)15-8-6-13-9-12-5-7-14-10-12/h11-13H,3-10H2,1-2H3. The van der Waals surface area contributed by atoms with Crippen LogP contribution in [0.25, 0.3) is 0 Å². The molecule has 0 radical (unpaired) electrons. The largest absolute Gasteiger partial charge is 0.381 e. The monoisotopic (exact) mass is 215 g/mol. The molecule has 1 saturated heterocycles. The zero-order valence-corrected chi connectivity index (χ0v) is 10.1. The fraction of sp³-hybridized carbons (Fsp3) is 1.00. The summed E-state index contributed by atoms with van der Waals surface area (Å²) in [5.41, 5.74) is 0. The summed E-state index contributed by atoms with van der Waals surface area (Å²) in [6, 6.07) is 0. The summed E-state index contributed by atoms with van der Waals surface area (Å²) >= 11 is 0. The minimum absolute atomic E-state index is 0.409. The van der Waals surface area contributed by atoms with E-state index in [9.17, 15) is 0 Å². The van der Waals surface area contributed by atoms with Crippen molar-refractivity contribution in [1.82, 2.24) is 5.32 Å². The number of rotatable bonds is 8.